The molecule has 0 aromatic carbocycles. The Kier molecular flexibility index (Phi) is 6.41. The maximum atomic E-state index is 3.03. The first-order valence-electron chi connectivity index (χ1n) is 5.88. The molecule has 0 bridgehead atoms. The highest BCUT2D eigenvalue weighted by molar-refractivity contribution is 4.90. The average molecular weight is 213 g/mol. The third-order valence-corrected chi connectivity index (χ3v) is 3.34. The largest absolute Gasteiger partial charge is 0.393 e. The maximum Gasteiger partial charge on any atom is 0.0894 e. The van der Waals surface area contributed by atoms with Crippen molar-refractivity contribution in [2.75, 3.05) is 27.2 Å². The molecule has 3 nitrogen and oxygen atoms in total. The summed E-state index contributed by atoms with van der Waals surface area (Å²) >= 11 is 0. The molecule has 1 N–H and O–H groups in total. The van der Waals surface area contributed by atoms with E-state index in [4.69, 9.17) is 0 Å². The van der Waals surface area contributed by atoms with E-state index in [1.54, 1.807) is 0 Å². The molecule has 0 aliphatic carbocycles. The Hall–Kier alpha value is -0.700. The van der Waals surface area contributed by atoms with Crippen molar-refractivity contribution in [1.82, 2.24) is 15.1 Å². The van der Waals surface area contributed by atoms with Gasteiger partial charge in [0.1, 0.15) is 0 Å². The lowest BCUT2D eigenvalue weighted by molar-refractivity contribution is 0.000135. The van der Waals surface area contributed by atoms with Gasteiger partial charge in [-0.3, -0.25) is 4.90 Å². The Morgan fingerprint density at radius 2 is 1.73 bits per heavy atom. The summed E-state index contributed by atoms with van der Waals surface area (Å²) in [6.45, 7) is 11.1. The van der Waals surface area contributed by atoms with Crippen LogP contribution in [0.25, 0.3) is 0 Å². The van der Waals surface area contributed by atoms with Crippen molar-refractivity contribution < 1.29 is 0 Å². The van der Waals surface area contributed by atoms with E-state index >= 15 is 0 Å². The van der Waals surface area contributed by atoms with Gasteiger partial charge in [-0.2, -0.15) is 0 Å². The Morgan fingerprint density at radius 3 is 2.07 bits per heavy atom. The molecular formula is C12H27N3. The molecule has 90 valence electrons. The molecule has 1 unspecified atom stereocenters. The first kappa shape index (κ1) is 14.3. The van der Waals surface area contributed by atoms with Gasteiger partial charge in [0.2, 0.25) is 0 Å². The summed E-state index contributed by atoms with van der Waals surface area (Å²) in [5, 5.41) is 3.03. The third-order valence-electron chi connectivity index (χ3n) is 3.34. The van der Waals surface area contributed by atoms with E-state index in [1.165, 1.54) is 0 Å². The zero-order valence-corrected chi connectivity index (χ0v) is 11.2. The van der Waals surface area contributed by atoms with Gasteiger partial charge in [-0.25, -0.2) is 0 Å². The minimum Gasteiger partial charge on any atom is -0.393 e. The van der Waals surface area contributed by atoms with Gasteiger partial charge in [0.05, 0.1) is 5.66 Å². The van der Waals surface area contributed by atoms with Crippen molar-refractivity contribution in [3.05, 3.63) is 12.4 Å². The van der Waals surface area contributed by atoms with Gasteiger partial charge in [-0.15, -0.1) is 0 Å². The molecule has 0 fully saturated rings. The molecule has 0 saturated carbocycles. The van der Waals surface area contributed by atoms with Crippen LogP contribution in [-0.4, -0.2) is 42.6 Å². The summed E-state index contributed by atoms with van der Waals surface area (Å²) in [7, 11) is 4.06. The van der Waals surface area contributed by atoms with Crippen LogP contribution >= 0.6 is 0 Å². The van der Waals surface area contributed by atoms with Gasteiger partial charge >= 0.3 is 0 Å². The van der Waals surface area contributed by atoms with E-state index in [-0.39, 0.29) is 5.66 Å². The van der Waals surface area contributed by atoms with Gasteiger partial charge in [-0.1, -0.05) is 20.8 Å². The van der Waals surface area contributed by atoms with Crippen LogP contribution in [-0.2, 0) is 0 Å². The highest BCUT2D eigenvalue weighted by Crippen LogP contribution is 2.22. The van der Waals surface area contributed by atoms with Crippen molar-refractivity contribution in [3.8, 4) is 0 Å². The van der Waals surface area contributed by atoms with Gasteiger partial charge in [0.25, 0.3) is 0 Å². The van der Waals surface area contributed by atoms with Crippen molar-refractivity contribution in [2.24, 2.45) is 0 Å². The summed E-state index contributed by atoms with van der Waals surface area (Å²) in [5.41, 5.74) is 0.108. The zero-order chi connectivity index (χ0) is 11.9. The van der Waals surface area contributed by atoms with Crippen molar-refractivity contribution >= 4 is 0 Å². The van der Waals surface area contributed by atoms with Crippen LogP contribution in [0.1, 0.15) is 34.1 Å². The standard InChI is InChI=1S/C12H27N3/c1-7-12(4,15(8-2)9-3)14(6)11-10-13-5/h10-11,13H,7-9H2,1-6H3/b11-10-. The minimum atomic E-state index is 0.108. The second-order valence-corrected chi connectivity index (χ2v) is 3.96. The van der Waals surface area contributed by atoms with Crippen LogP contribution in [0.15, 0.2) is 12.4 Å². The molecule has 0 spiro atoms. The summed E-state index contributed by atoms with van der Waals surface area (Å²) < 4.78 is 0. The normalized spacial score (nSPS) is 15.7. The Balaban J connectivity index is 4.72. The lowest BCUT2D eigenvalue weighted by Gasteiger charge is -2.46. The summed E-state index contributed by atoms with van der Waals surface area (Å²) in [4.78, 5) is 4.75. The van der Waals surface area contributed by atoms with E-state index in [1.807, 2.05) is 13.2 Å². The molecule has 0 aliphatic heterocycles. The lowest BCUT2D eigenvalue weighted by Crippen LogP contribution is -2.55. The van der Waals surface area contributed by atoms with Crippen LogP contribution < -0.4 is 5.32 Å². The minimum absolute atomic E-state index is 0.108. The van der Waals surface area contributed by atoms with E-state index in [0.717, 1.165) is 19.5 Å². The molecule has 1 atom stereocenters. The monoisotopic (exact) mass is 213 g/mol. The number of nitrogens with one attached hydrogen (secondary N) is 1. The second-order valence-electron chi connectivity index (χ2n) is 3.96. The maximum absolute atomic E-state index is 3.03. The van der Waals surface area contributed by atoms with Crippen LogP contribution in [0.3, 0.4) is 0 Å². The molecule has 0 rings (SSSR count). The zero-order valence-electron chi connectivity index (χ0n) is 11.2. The molecule has 15 heavy (non-hydrogen) atoms. The summed E-state index contributed by atoms with van der Waals surface area (Å²) in [6, 6.07) is 0. The van der Waals surface area contributed by atoms with Crippen LogP contribution in [0.5, 0.6) is 0 Å². The van der Waals surface area contributed by atoms with Gasteiger partial charge in [0.15, 0.2) is 0 Å². The van der Waals surface area contributed by atoms with Crippen molar-refractivity contribution in [3.63, 3.8) is 0 Å². The van der Waals surface area contributed by atoms with E-state index in [0.29, 0.717) is 0 Å². The van der Waals surface area contributed by atoms with Crippen LogP contribution in [0, 0.1) is 0 Å². The van der Waals surface area contributed by atoms with Crippen molar-refractivity contribution in [1.29, 1.82) is 0 Å². The predicted octanol–water partition coefficient (Wildman–Crippen LogP) is 2.08. The van der Waals surface area contributed by atoms with E-state index in [9.17, 15) is 0 Å². The fourth-order valence-electron chi connectivity index (χ4n) is 1.95. The topological polar surface area (TPSA) is 18.5 Å². The molecule has 3 heteroatoms. The van der Waals surface area contributed by atoms with Crippen molar-refractivity contribution in [2.45, 2.75) is 39.8 Å². The fourth-order valence-corrected chi connectivity index (χ4v) is 1.95. The molecule has 0 heterocycles. The Morgan fingerprint density at radius 1 is 1.20 bits per heavy atom. The average Bonchev–Trinajstić information content (AvgIpc) is 2.26. The van der Waals surface area contributed by atoms with E-state index in [2.05, 4.69) is 56.1 Å². The van der Waals surface area contributed by atoms with Gasteiger partial charge in [0, 0.05) is 26.5 Å². The van der Waals surface area contributed by atoms with Crippen LogP contribution in [0.2, 0.25) is 0 Å². The Labute approximate surface area is 95.1 Å². The lowest BCUT2D eigenvalue weighted by atomic mass is 10.1. The second kappa shape index (κ2) is 6.72. The molecule has 0 radical (unpaired) electrons. The molecular weight excluding hydrogens is 186 g/mol. The fraction of sp³-hybridized carbons (Fsp3) is 0.833. The van der Waals surface area contributed by atoms with Crippen LogP contribution in [0.4, 0.5) is 0 Å². The van der Waals surface area contributed by atoms with Gasteiger partial charge in [-0.05, 0) is 26.4 Å². The third kappa shape index (κ3) is 3.42. The summed E-state index contributed by atoms with van der Waals surface area (Å²) in [5.74, 6) is 0. The Bertz CT molecular complexity index is 187. The van der Waals surface area contributed by atoms with Gasteiger partial charge < -0.3 is 10.2 Å². The quantitative estimate of drug-likeness (QED) is 0.653. The highest BCUT2D eigenvalue weighted by Gasteiger charge is 2.30. The van der Waals surface area contributed by atoms with E-state index < -0.39 is 0 Å². The SMILES string of the molecule is CCN(CC)C(C)(CC)N(C)/C=C\NC. The summed E-state index contributed by atoms with van der Waals surface area (Å²) in [6.07, 6.45) is 5.18. The highest BCUT2D eigenvalue weighted by atomic mass is 15.4. The first-order chi connectivity index (χ1) is 7.06. The molecule has 0 aromatic rings. The first-order valence-corrected chi connectivity index (χ1v) is 5.88. The molecule has 0 saturated heterocycles. The number of nitrogens with zero attached hydrogens (tertiary/aromatic N) is 2. The smallest absolute Gasteiger partial charge is 0.0894 e. The molecule has 0 aliphatic rings. The number of rotatable bonds is 7. The molecule has 0 amide bonds. The predicted molar refractivity (Wildman–Crippen MR) is 67.6 cm³/mol. The molecule has 0 aromatic heterocycles. The number of hydrogen-bond acceptors (Lipinski definition) is 3. The number of hydrogen-bond donors (Lipinski definition) is 1.